The van der Waals surface area contributed by atoms with Gasteiger partial charge in [-0.1, -0.05) is 48.5 Å². The maximum atomic E-state index is 15.9. The zero-order valence-electron chi connectivity index (χ0n) is 34.1. The Balaban J connectivity index is 0.960. The number of fused-ring (bicyclic) bond motifs is 1. The first kappa shape index (κ1) is 41.2. The number of halogens is 1. The number of rotatable bonds is 11. The van der Waals surface area contributed by atoms with Crippen LogP contribution in [0.25, 0.3) is 44.7 Å². The molecule has 16 heteroatoms. The van der Waals surface area contributed by atoms with Gasteiger partial charge in [0, 0.05) is 41.6 Å². The van der Waals surface area contributed by atoms with E-state index in [4.69, 9.17) is 16.1 Å². The number of hydrogen-bond donors (Lipinski definition) is 4. The summed E-state index contributed by atoms with van der Waals surface area (Å²) in [4.78, 5) is 75.5. The first-order valence-electron chi connectivity index (χ1n) is 20.2. The minimum Gasteiger partial charge on any atom is -0.453 e. The fourth-order valence-corrected chi connectivity index (χ4v) is 8.26. The van der Waals surface area contributed by atoms with Gasteiger partial charge >= 0.3 is 12.2 Å². The van der Waals surface area contributed by atoms with Crippen LogP contribution in [0.1, 0.15) is 67.4 Å². The summed E-state index contributed by atoms with van der Waals surface area (Å²) in [5, 5.41) is 6.05. The number of alkyl carbamates (subject to hydrolysis) is 2. The lowest BCUT2D eigenvalue weighted by Crippen LogP contribution is -2.48. The van der Waals surface area contributed by atoms with Gasteiger partial charge in [0.05, 0.1) is 61.3 Å². The molecule has 8 rings (SSSR count). The minimum absolute atomic E-state index is 0.0281. The van der Waals surface area contributed by atoms with Crippen LogP contribution in [0, 0.1) is 18.2 Å². The normalized spacial score (nSPS) is 17.0. The van der Waals surface area contributed by atoms with Crippen molar-refractivity contribution in [1.82, 2.24) is 45.4 Å². The summed E-state index contributed by atoms with van der Waals surface area (Å²) in [6.07, 6.45) is 10.3. The van der Waals surface area contributed by atoms with E-state index >= 15 is 4.39 Å². The summed E-state index contributed by atoms with van der Waals surface area (Å²) < 4.78 is 25.4. The molecule has 4 N–H and O–H groups in total. The van der Waals surface area contributed by atoms with Gasteiger partial charge in [0.2, 0.25) is 5.91 Å². The van der Waals surface area contributed by atoms with Gasteiger partial charge in [0.15, 0.2) is 0 Å². The third kappa shape index (κ3) is 8.42. The average Bonchev–Trinajstić information content (AvgIpc) is 4.15. The van der Waals surface area contributed by atoms with Crippen LogP contribution in [-0.2, 0) is 19.1 Å². The van der Waals surface area contributed by atoms with Crippen LogP contribution in [0.15, 0.2) is 91.3 Å². The largest absolute Gasteiger partial charge is 0.453 e. The molecule has 316 valence electrons. The van der Waals surface area contributed by atoms with Gasteiger partial charge in [0.1, 0.15) is 29.5 Å². The Morgan fingerprint density at radius 3 is 2.05 bits per heavy atom. The molecule has 2 fully saturated rings. The number of aromatic amines is 2. The standard InChI is InChI=1S/C46H44FN9O6/c1-4-10-35(53-45(59)61-2)43(57)55-21-8-13-38(55)41-48-25-36(51-41)29-16-19-33-28(23-29)17-20-34(50-33)31-18-15-30(24-32(31)47)37-26-49-42(52-37)39-14-9-22-56(39)44(58)40(54-46(60)62-3)27-11-6-5-7-12-27/h1,5-7,11-12,15-20,23-26,35,38-40H,8-10,13-14,21-22H2,2-3H3,(H,48,51)(H,49,52)(H,53,59)(H,54,60). The molecule has 2 aliphatic rings. The molecule has 0 radical (unpaired) electrons. The second-order valence-electron chi connectivity index (χ2n) is 15.1. The van der Waals surface area contributed by atoms with Gasteiger partial charge in [-0.05, 0) is 61.6 Å². The van der Waals surface area contributed by atoms with Gasteiger partial charge < -0.3 is 39.9 Å². The quantitative estimate of drug-likeness (QED) is 0.0998. The number of amides is 4. The highest BCUT2D eigenvalue weighted by Crippen LogP contribution is 2.36. The van der Waals surface area contributed by atoms with Crippen molar-refractivity contribution >= 4 is 34.9 Å². The first-order valence-corrected chi connectivity index (χ1v) is 20.2. The number of carbonyl (C=O) groups excluding carboxylic acids is 4. The second-order valence-corrected chi connectivity index (χ2v) is 15.1. The highest BCUT2D eigenvalue weighted by atomic mass is 19.1. The van der Waals surface area contributed by atoms with Crippen LogP contribution < -0.4 is 10.6 Å². The van der Waals surface area contributed by atoms with E-state index in [1.54, 1.807) is 64.7 Å². The summed E-state index contributed by atoms with van der Waals surface area (Å²) in [7, 11) is 2.48. The van der Waals surface area contributed by atoms with Gasteiger partial charge in [-0.3, -0.25) is 9.59 Å². The van der Waals surface area contributed by atoms with E-state index < -0.39 is 30.1 Å². The fraction of sp³-hybridized carbons (Fsp3) is 0.283. The summed E-state index contributed by atoms with van der Waals surface area (Å²) in [6.45, 7) is 0.983. The Labute approximate surface area is 356 Å². The number of pyridine rings is 1. The molecule has 15 nitrogen and oxygen atoms in total. The van der Waals surface area contributed by atoms with Gasteiger partial charge in [0.25, 0.3) is 5.91 Å². The number of nitrogens with zero attached hydrogens (tertiary/aromatic N) is 5. The lowest BCUT2D eigenvalue weighted by molar-refractivity contribution is -0.135. The number of ether oxygens (including phenoxy) is 2. The molecule has 2 aliphatic heterocycles. The minimum atomic E-state index is -0.941. The highest BCUT2D eigenvalue weighted by molar-refractivity contribution is 5.89. The summed E-state index contributed by atoms with van der Waals surface area (Å²) in [6, 6.07) is 20.8. The summed E-state index contributed by atoms with van der Waals surface area (Å²) in [5.74, 6) is 2.61. The van der Waals surface area contributed by atoms with Crippen molar-refractivity contribution in [3.63, 3.8) is 0 Å². The molecule has 0 aliphatic carbocycles. The molecular formula is C46H44FN9O6. The molecule has 4 atom stereocenters. The molecule has 62 heavy (non-hydrogen) atoms. The predicted octanol–water partition coefficient (Wildman–Crippen LogP) is 6.99. The van der Waals surface area contributed by atoms with Crippen molar-refractivity contribution in [2.75, 3.05) is 27.3 Å². The number of aromatic nitrogens is 5. The Bertz CT molecular complexity index is 2680. The topological polar surface area (TPSA) is 188 Å². The van der Waals surface area contributed by atoms with Crippen LogP contribution in [0.2, 0.25) is 0 Å². The van der Waals surface area contributed by atoms with Gasteiger partial charge in [-0.2, -0.15) is 0 Å². The number of nitrogens with one attached hydrogen (secondary N) is 4. The van der Waals surface area contributed by atoms with Crippen molar-refractivity contribution in [2.24, 2.45) is 0 Å². The lowest BCUT2D eigenvalue weighted by Gasteiger charge is -2.28. The zero-order valence-corrected chi connectivity index (χ0v) is 34.1. The number of terminal acetylenes is 1. The Hall–Kier alpha value is -7.54. The molecule has 3 aromatic heterocycles. The maximum absolute atomic E-state index is 15.9. The third-order valence-electron chi connectivity index (χ3n) is 11.4. The van der Waals surface area contributed by atoms with E-state index in [1.807, 2.05) is 30.3 Å². The van der Waals surface area contributed by atoms with Crippen molar-refractivity contribution in [3.8, 4) is 46.1 Å². The SMILES string of the molecule is C#CCC(NC(=O)OC)C(=O)N1CCCC1c1ncc(-c2ccc3nc(-c4ccc(-c5cnc(C6CCCN6C(=O)C(NC(=O)OC)c6ccccc6)[nH]5)cc4F)ccc3c2)[nH]1. The second kappa shape index (κ2) is 18.0. The average molecular weight is 838 g/mol. The van der Waals surface area contributed by atoms with E-state index in [0.29, 0.717) is 71.2 Å². The Morgan fingerprint density at radius 2 is 1.42 bits per heavy atom. The van der Waals surface area contributed by atoms with Crippen molar-refractivity contribution in [3.05, 3.63) is 114 Å². The Morgan fingerprint density at radius 1 is 0.806 bits per heavy atom. The molecule has 0 bridgehead atoms. The van der Waals surface area contributed by atoms with Crippen molar-refractivity contribution in [1.29, 1.82) is 0 Å². The lowest BCUT2D eigenvalue weighted by atomic mass is 10.0. The molecule has 3 aromatic carbocycles. The number of hydrogen-bond acceptors (Lipinski definition) is 9. The predicted molar refractivity (Wildman–Crippen MR) is 227 cm³/mol. The third-order valence-corrected chi connectivity index (χ3v) is 11.4. The number of likely N-dealkylation sites (tertiary alicyclic amines) is 2. The highest BCUT2D eigenvalue weighted by Gasteiger charge is 2.38. The van der Waals surface area contributed by atoms with E-state index in [-0.39, 0.29) is 30.3 Å². The number of carbonyl (C=O) groups is 4. The molecule has 2 saturated heterocycles. The summed E-state index contributed by atoms with van der Waals surface area (Å²) in [5.41, 5.74) is 4.87. The molecular weight excluding hydrogens is 794 g/mol. The van der Waals surface area contributed by atoms with Gasteiger partial charge in [-0.25, -0.2) is 28.9 Å². The van der Waals surface area contributed by atoms with Crippen LogP contribution >= 0.6 is 0 Å². The van der Waals surface area contributed by atoms with Crippen LogP contribution in [0.5, 0.6) is 0 Å². The van der Waals surface area contributed by atoms with E-state index in [9.17, 15) is 19.2 Å². The van der Waals surface area contributed by atoms with E-state index in [0.717, 1.165) is 29.5 Å². The fourth-order valence-electron chi connectivity index (χ4n) is 8.26. The maximum Gasteiger partial charge on any atom is 0.407 e. The molecule has 4 unspecified atom stereocenters. The van der Waals surface area contributed by atoms with Crippen LogP contribution in [0.3, 0.4) is 0 Å². The number of methoxy groups -OCH3 is 2. The number of H-pyrrole nitrogens is 2. The van der Waals surface area contributed by atoms with E-state index in [2.05, 4.69) is 41.2 Å². The van der Waals surface area contributed by atoms with Crippen LogP contribution in [-0.4, -0.2) is 92.1 Å². The van der Waals surface area contributed by atoms with Crippen molar-refractivity contribution < 1.29 is 33.0 Å². The Kier molecular flexibility index (Phi) is 11.9. The monoisotopic (exact) mass is 837 g/mol. The van der Waals surface area contributed by atoms with E-state index in [1.165, 1.54) is 20.3 Å². The number of benzene rings is 3. The molecule has 0 spiro atoms. The van der Waals surface area contributed by atoms with Crippen LogP contribution in [0.4, 0.5) is 14.0 Å². The molecule has 6 aromatic rings. The number of imidazole rings is 2. The zero-order chi connectivity index (χ0) is 43.3. The molecule has 0 saturated carbocycles. The van der Waals surface area contributed by atoms with Gasteiger partial charge in [-0.15, -0.1) is 12.3 Å². The first-order chi connectivity index (χ1) is 30.1. The van der Waals surface area contributed by atoms with Crippen molar-refractivity contribution in [2.45, 2.75) is 56.3 Å². The molecule has 4 amide bonds. The smallest absolute Gasteiger partial charge is 0.407 e. The molecule has 5 heterocycles. The summed E-state index contributed by atoms with van der Waals surface area (Å²) >= 11 is 0.